The molecule has 2 N–H and O–H groups in total. The molecule has 2 atom stereocenters. The molecule has 148 valence electrons. The first kappa shape index (κ1) is 19.0. The van der Waals surface area contributed by atoms with Crippen LogP contribution in [-0.2, 0) is 0 Å². The number of rotatable bonds is 5. The average Bonchev–Trinajstić information content (AvgIpc) is 2.79. The monoisotopic (exact) mass is 388 g/mol. The number of hydrogen-bond donors (Lipinski definition) is 2. The van der Waals surface area contributed by atoms with Gasteiger partial charge in [0, 0.05) is 18.0 Å². The van der Waals surface area contributed by atoms with E-state index in [9.17, 15) is 5.11 Å². The first-order valence-corrected chi connectivity index (χ1v) is 9.57. The highest BCUT2D eigenvalue weighted by Gasteiger charge is 2.27. The highest BCUT2D eigenvalue weighted by Crippen LogP contribution is 2.33. The standard InChI is InChI=1S/C24H24N2O3/c1-28-18-11-7-16(8-12-18)21-15-22(20-5-3-4-6-23(20)27)26-24(25-21)17-9-13-19(29-2)14-10-17/h3-14,21,24-25,27H,15H2,1-2H3. The van der Waals surface area contributed by atoms with Crippen molar-refractivity contribution >= 4 is 5.71 Å². The van der Waals surface area contributed by atoms with Crippen molar-refractivity contribution in [2.45, 2.75) is 18.6 Å². The Labute approximate surface area is 170 Å². The third-order valence-corrected chi connectivity index (χ3v) is 5.21. The van der Waals surface area contributed by atoms with Gasteiger partial charge in [0.05, 0.1) is 19.9 Å². The number of nitrogens with one attached hydrogen (secondary N) is 1. The highest BCUT2D eigenvalue weighted by molar-refractivity contribution is 6.03. The Bertz CT molecular complexity index is 997. The van der Waals surface area contributed by atoms with Gasteiger partial charge in [-0.1, -0.05) is 36.4 Å². The van der Waals surface area contributed by atoms with E-state index < -0.39 is 0 Å². The number of hydrogen-bond acceptors (Lipinski definition) is 5. The zero-order valence-corrected chi connectivity index (χ0v) is 16.5. The Morgan fingerprint density at radius 3 is 2.00 bits per heavy atom. The first-order chi connectivity index (χ1) is 14.2. The Kier molecular flexibility index (Phi) is 5.49. The lowest BCUT2D eigenvalue weighted by atomic mass is 9.93. The van der Waals surface area contributed by atoms with Crippen molar-refractivity contribution in [1.82, 2.24) is 5.32 Å². The SMILES string of the molecule is COc1ccc(C2CC(c3ccccc3O)=NC(c3ccc(OC)cc3)N2)cc1. The molecule has 4 rings (SSSR count). The quantitative estimate of drug-likeness (QED) is 0.669. The molecule has 0 radical (unpaired) electrons. The van der Waals surface area contributed by atoms with Gasteiger partial charge in [0.2, 0.25) is 0 Å². The van der Waals surface area contributed by atoms with Crippen LogP contribution in [0.1, 0.15) is 35.3 Å². The van der Waals surface area contributed by atoms with E-state index in [4.69, 9.17) is 14.5 Å². The highest BCUT2D eigenvalue weighted by atomic mass is 16.5. The molecule has 1 aliphatic heterocycles. The number of aliphatic imine (C=N–C) groups is 1. The summed E-state index contributed by atoms with van der Waals surface area (Å²) in [5.41, 5.74) is 3.83. The topological polar surface area (TPSA) is 63.1 Å². The second-order valence-electron chi connectivity index (χ2n) is 6.97. The van der Waals surface area contributed by atoms with E-state index in [2.05, 4.69) is 17.4 Å². The summed E-state index contributed by atoms with van der Waals surface area (Å²) in [7, 11) is 3.32. The van der Waals surface area contributed by atoms with Gasteiger partial charge >= 0.3 is 0 Å². The van der Waals surface area contributed by atoms with Crippen LogP contribution in [0.15, 0.2) is 77.8 Å². The van der Waals surface area contributed by atoms with Crippen LogP contribution in [0.2, 0.25) is 0 Å². The molecule has 0 aliphatic carbocycles. The van der Waals surface area contributed by atoms with Crippen molar-refractivity contribution in [1.29, 1.82) is 0 Å². The van der Waals surface area contributed by atoms with Crippen LogP contribution < -0.4 is 14.8 Å². The number of phenols is 1. The number of benzene rings is 3. The van der Waals surface area contributed by atoms with Gasteiger partial charge in [-0.25, -0.2) is 0 Å². The summed E-state index contributed by atoms with van der Waals surface area (Å²) in [6.45, 7) is 0. The van der Waals surface area contributed by atoms with E-state index in [1.165, 1.54) is 0 Å². The third kappa shape index (κ3) is 4.10. The average molecular weight is 388 g/mol. The molecule has 0 saturated carbocycles. The second-order valence-corrected chi connectivity index (χ2v) is 6.97. The predicted molar refractivity (Wildman–Crippen MR) is 114 cm³/mol. The van der Waals surface area contributed by atoms with Crippen LogP contribution in [-0.4, -0.2) is 25.0 Å². The Hall–Kier alpha value is -3.31. The predicted octanol–water partition coefficient (Wildman–Crippen LogP) is 4.63. The van der Waals surface area contributed by atoms with Gasteiger partial charge < -0.3 is 14.6 Å². The van der Waals surface area contributed by atoms with E-state index in [1.54, 1.807) is 20.3 Å². The summed E-state index contributed by atoms with van der Waals surface area (Å²) in [4.78, 5) is 4.93. The number of ether oxygens (including phenoxy) is 2. The third-order valence-electron chi connectivity index (χ3n) is 5.21. The number of nitrogens with zero attached hydrogens (tertiary/aromatic N) is 1. The summed E-state index contributed by atoms with van der Waals surface area (Å²) < 4.78 is 10.6. The van der Waals surface area contributed by atoms with Gasteiger partial charge in [-0.2, -0.15) is 0 Å². The van der Waals surface area contributed by atoms with E-state index in [-0.39, 0.29) is 18.0 Å². The molecule has 0 amide bonds. The molecule has 5 heteroatoms. The fourth-order valence-corrected chi connectivity index (χ4v) is 3.59. The van der Waals surface area contributed by atoms with Gasteiger partial charge in [-0.3, -0.25) is 10.3 Å². The molecular weight excluding hydrogens is 364 g/mol. The molecular formula is C24H24N2O3. The second kappa shape index (κ2) is 8.37. The maximum absolute atomic E-state index is 10.4. The molecule has 0 fully saturated rings. The Balaban J connectivity index is 1.71. The molecule has 29 heavy (non-hydrogen) atoms. The van der Waals surface area contributed by atoms with Crippen LogP contribution in [0.3, 0.4) is 0 Å². The molecule has 3 aromatic carbocycles. The lowest BCUT2D eigenvalue weighted by Gasteiger charge is -2.31. The van der Waals surface area contributed by atoms with Gasteiger partial charge in [0.25, 0.3) is 0 Å². The minimum Gasteiger partial charge on any atom is -0.507 e. The fourth-order valence-electron chi connectivity index (χ4n) is 3.59. The molecule has 0 saturated heterocycles. The zero-order chi connectivity index (χ0) is 20.2. The molecule has 3 aromatic rings. The van der Waals surface area contributed by atoms with E-state index >= 15 is 0 Å². The summed E-state index contributed by atoms with van der Waals surface area (Å²) in [5.74, 6) is 1.88. The zero-order valence-electron chi connectivity index (χ0n) is 16.5. The Morgan fingerprint density at radius 1 is 0.828 bits per heavy atom. The van der Waals surface area contributed by atoms with Crippen LogP contribution >= 0.6 is 0 Å². The van der Waals surface area contributed by atoms with Crippen molar-refractivity contribution in [2.24, 2.45) is 4.99 Å². The van der Waals surface area contributed by atoms with Crippen molar-refractivity contribution < 1.29 is 14.6 Å². The van der Waals surface area contributed by atoms with Gasteiger partial charge in [0.15, 0.2) is 0 Å². The van der Waals surface area contributed by atoms with Gasteiger partial charge in [-0.15, -0.1) is 0 Å². The minimum atomic E-state index is -0.226. The molecule has 1 aliphatic rings. The summed E-state index contributed by atoms with van der Waals surface area (Å²) in [6, 6.07) is 23.4. The molecule has 0 spiro atoms. The summed E-state index contributed by atoms with van der Waals surface area (Å²) in [6.07, 6.45) is 0.452. The smallest absolute Gasteiger partial charge is 0.126 e. The maximum atomic E-state index is 10.4. The van der Waals surface area contributed by atoms with Crippen LogP contribution in [0.5, 0.6) is 17.2 Å². The van der Waals surface area contributed by atoms with Gasteiger partial charge in [0.1, 0.15) is 23.4 Å². The van der Waals surface area contributed by atoms with Gasteiger partial charge in [-0.05, 0) is 47.5 Å². The summed E-state index contributed by atoms with van der Waals surface area (Å²) >= 11 is 0. The molecule has 1 heterocycles. The normalized spacial score (nSPS) is 18.8. The lowest BCUT2D eigenvalue weighted by molar-refractivity contribution is 0.411. The number of para-hydroxylation sites is 1. The molecule has 2 unspecified atom stereocenters. The number of methoxy groups -OCH3 is 2. The van der Waals surface area contributed by atoms with Crippen molar-refractivity contribution in [3.05, 3.63) is 89.5 Å². The maximum Gasteiger partial charge on any atom is 0.126 e. The first-order valence-electron chi connectivity index (χ1n) is 9.57. The Morgan fingerprint density at radius 2 is 1.41 bits per heavy atom. The van der Waals surface area contributed by atoms with Crippen molar-refractivity contribution in [2.75, 3.05) is 14.2 Å². The van der Waals surface area contributed by atoms with Crippen LogP contribution in [0, 0.1) is 0 Å². The lowest BCUT2D eigenvalue weighted by Crippen LogP contribution is -2.33. The molecule has 0 aromatic heterocycles. The van der Waals surface area contributed by atoms with Crippen LogP contribution in [0.25, 0.3) is 0 Å². The van der Waals surface area contributed by atoms with Crippen molar-refractivity contribution in [3.63, 3.8) is 0 Å². The molecule has 5 nitrogen and oxygen atoms in total. The number of phenolic OH excluding ortho intramolecular Hbond substituents is 1. The largest absolute Gasteiger partial charge is 0.507 e. The molecule has 0 bridgehead atoms. The summed E-state index contributed by atoms with van der Waals surface area (Å²) in [5, 5.41) is 14.0. The van der Waals surface area contributed by atoms with E-state index in [1.807, 2.05) is 54.6 Å². The minimum absolute atomic E-state index is 0.0557. The fraction of sp³-hybridized carbons (Fsp3) is 0.208. The van der Waals surface area contributed by atoms with Crippen LogP contribution in [0.4, 0.5) is 0 Å². The van der Waals surface area contributed by atoms with Crippen molar-refractivity contribution in [3.8, 4) is 17.2 Å². The van der Waals surface area contributed by atoms with E-state index in [0.29, 0.717) is 6.42 Å². The van der Waals surface area contributed by atoms with E-state index in [0.717, 1.165) is 33.9 Å². The number of aromatic hydroxyl groups is 1.